The van der Waals surface area contributed by atoms with Gasteiger partial charge in [0.15, 0.2) is 0 Å². The normalized spacial score (nSPS) is 10.7. The number of anilines is 1. The van der Waals surface area contributed by atoms with Crippen LogP contribution in [0.3, 0.4) is 0 Å². The first-order valence-electron chi connectivity index (χ1n) is 5.32. The summed E-state index contributed by atoms with van der Waals surface area (Å²) in [5, 5.41) is 0. The number of carbonyl (C=O) groups excluding carboxylic acids is 1. The Labute approximate surface area is 120 Å². The number of carbonyl (C=O) groups is 1. The molecule has 0 aliphatic rings. The Bertz CT molecular complexity index is 633. The minimum absolute atomic E-state index is 0.000541. The molecular weight excluding hydrogens is 309 g/mol. The molecule has 0 aliphatic carbocycles. The summed E-state index contributed by atoms with van der Waals surface area (Å²) < 4.78 is 44.8. The van der Waals surface area contributed by atoms with E-state index in [2.05, 4.69) is 17.0 Å². The van der Waals surface area contributed by atoms with Crippen LogP contribution in [0.1, 0.15) is 12.5 Å². The first kappa shape index (κ1) is 16.1. The molecule has 1 aromatic rings. The molecule has 0 aromatic heterocycles. The average Bonchev–Trinajstić information content (AvgIpc) is 2.26. The number of hydrogen-bond acceptors (Lipinski definition) is 5. The quantitative estimate of drug-likeness (QED) is 0.694. The maximum Gasteiger partial charge on any atom is 0.422 e. The third-order valence-electron chi connectivity index (χ3n) is 2.00. The van der Waals surface area contributed by atoms with Crippen molar-refractivity contribution in [2.45, 2.75) is 6.92 Å². The van der Waals surface area contributed by atoms with Crippen molar-refractivity contribution in [2.24, 2.45) is 5.73 Å². The molecule has 0 atom stereocenters. The van der Waals surface area contributed by atoms with Gasteiger partial charge in [-0.15, -0.1) is 0 Å². The van der Waals surface area contributed by atoms with E-state index in [-0.39, 0.29) is 22.8 Å². The van der Waals surface area contributed by atoms with E-state index >= 15 is 0 Å². The number of nitrogens with one attached hydrogen (secondary N) is 2. The molecule has 1 aromatic carbocycles. The van der Waals surface area contributed by atoms with E-state index < -0.39 is 22.1 Å². The number of hydrogen-bond donors (Lipinski definition) is 3. The zero-order chi connectivity index (χ0) is 15.3. The summed E-state index contributed by atoms with van der Waals surface area (Å²) >= 11 is 4.65. The first-order chi connectivity index (χ1) is 9.26. The van der Waals surface area contributed by atoms with Gasteiger partial charge in [-0.2, -0.15) is 8.42 Å². The fraction of sp³-hybridized carbons (Fsp3) is 0.200. The number of ether oxygens (including phenoxy) is 1. The third kappa shape index (κ3) is 4.31. The fourth-order valence-electron chi connectivity index (χ4n) is 1.30. The van der Waals surface area contributed by atoms with Gasteiger partial charge in [0.05, 0.1) is 17.9 Å². The second kappa shape index (κ2) is 6.48. The van der Waals surface area contributed by atoms with Gasteiger partial charge in [-0.1, -0.05) is 18.3 Å². The van der Waals surface area contributed by atoms with Crippen LogP contribution >= 0.6 is 12.2 Å². The Morgan fingerprint density at radius 3 is 2.70 bits per heavy atom. The van der Waals surface area contributed by atoms with Crippen LogP contribution in [-0.4, -0.2) is 26.1 Å². The zero-order valence-corrected chi connectivity index (χ0v) is 12.0. The van der Waals surface area contributed by atoms with Gasteiger partial charge < -0.3 is 10.5 Å². The van der Waals surface area contributed by atoms with Crippen molar-refractivity contribution < 1.29 is 22.3 Å². The Hall–Kier alpha value is -1.94. The van der Waals surface area contributed by atoms with Gasteiger partial charge in [0.1, 0.15) is 10.8 Å². The highest BCUT2D eigenvalue weighted by Crippen LogP contribution is 2.19. The van der Waals surface area contributed by atoms with E-state index in [4.69, 9.17) is 5.73 Å². The highest BCUT2D eigenvalue weighted by Gasteiger charge is 2.19. The highest BCUT2D eigenvalue weighted by atomic mass is 32.2. The lowest BCUT2D eigenvalue weighted by molar-refractivity contribution is 0.159. The van der Waals surface area contributed by atoms with E-state index in [9.17, 15) is 17.6 Å². The maximum absolute atomic E-state index is 13.5. The largest absolute Gasteiger partial charge is 0.449 e. The molecule has 0 saturated carbocycles. The number of thiocarbonyl (C=S) groups is 1. The van der Waals surface area contributed by atoms with Crippen LogP contribution in [-0.2, 0) is 14.9 Å². The molecule has 110 valence electrons. The Kier molecular flexibility index (Phi) is 5.22. The van der Waals surface area contributed by atoms with Gasteiger partial charge in [0.25, 0.3) is 0 Å². The van der Waals surface area contributed by atoms with E-state index in [0.717, 1.165) is 6.07 Å². The van der Waals surface area contributed by atoms with Crippen molar-refractivity contribution in [3.63, 3.8) is 0 Å². The van der Waals surface area contributed by atoms with Gasteiger partial charge in [-0.3, -0.25) is 4.72 Å². The van der Waals surface area contributed by atoms with Crippen molar-refractivity contribution in [1.29, 1.82) is 0 Å². The van der Waals surface area contributed by atoms with Crippen molar-refractivity contribution in [1.82, 2.24) is 4.72 Å². The average molecular weight is 321 g/mol. The number of benzene rings is 1. The maximum atomic E-state index is 13.5. The SMILES string of the molecule is CCOC(=O)NS(=O)(=O)Nc1cccc(F)c1C(N)=S. The molecule has 0 heterocycles. The van der Waals surface area contributed by atoms with Gasteiger partial charge in [0.2, 0.25) is 0 Å². The van der Waals surface area contributed by atoms with Crippen LogP contribution in [0, 0.1) is 5.82 Å². The standard InChI is InChI=1S/C10H12FN3O4S2/c1-2-18-10(15)14-20(16,17)13-7-5-3-4-6(11)8(7)9(12)19/h3-5,13H,2H2,1H3,(H2,12,19)(H,14,15). The third-order valence-corrected chi connectivity index (χ3v) is 3.13. The molecule has 1 rings (SSSR count). The monoisotopic (exact) mass is 321 g/mol. The predicted octanol–water partition coefficient (Wildman–Crippen LogP) is 0.863. The molecule has 0 spiro atoms. The summed E-state index contributed by atoms with van der Waals surface area (Å²) in [7, 11) is -4.29. The molecule has 4 N–H and O–H groups in total. The molecule has 7 nitrogen and oxygen atoms in total. The lowest BCUT2D eigenvalue weighted by Crippen LogP contribution is -2.36. The summed E-state index contributed by atoms with van der Waals surface area (Å²) in [5.41, 5.74) is 4.88. The second-order valence-electron chi connectivity index (χ2n) is 3.45. The molecule has 0 radical (unpaired) electrons. The Morgan fingerprint density at radius 2 is 2.15 bits per heavy atom. The summed E-state index contributed by atoms with van der Waals surface area (Å²) in [6.45, 7) is 1.51. The molecule has 0 fully saturated rings. The molecule has 1 amide bonds. The molecule has 20 heavy (non-hydrogen) atoms. The van der Waals surface area contributed by atoms with Crippen LogP contribution < -0.4 is 15.2 Å². The topological polar surface area (TPSA) is 111 Å². The summed E-state index contributed by atoms with van der Waals surface area (Å²) in [6, 6.07) is 3.59. The molecular formula is C10H12FN3O4S2. The van der Waals surface area contributed by atoms with E-state index in [1.54, 1.807) is 4.72 Å². The van der Waals surface area contributed by atoms with E-state index in [1.165, 1.54) is 19.1 Å². The van der Waals surface area contributed by atoms with Gasteiger partial charge in [-0.05, 0) is 19.1 Å². The zero-order valence-electron chi connectivity index (χ0n) is 10.3. The van der Waals surface area contributed by atoms with Crippen molar-refractivity contribution >= 4 is 39.2 Å². The van der Waals surface area contributed by atoms with Gasteiger partial charge in [-0.25, -0.2) is 13.9 Å². The highest BCUT2D eigenvalue weighted by molar-refractivity contribution is 7.91. The summed E-state index contributed by atoms with van der Waals surface area (Å²) in [6.07, 6.45) is -1.16. The first-order valence-corrected chi connectivity index (χ1v) is 7.21. The van der Waals surface area contributed by atoms with Crippen molar-refractivity contribution in [3.05, 3.63) is 29.6 Å². The molecule has 10 heteroatoms. The lowest BCUT2D eigenvalue weighted by Gasteiger charge is -2.12. The van der Waals surface area contributed by atoms with Crippen LogP contribution in [0.15, 0.2) is 18.2 Å². The number of amides is 1. The van der Waals surface area contributed by atoms with Crippen LogP contribution in [0.4, 0.5) is 14.9 Å². The van der Waals surface area contributed by atoms with Gasteiger partial charge >= 0.3 is 16.3 Å². The Morgan fingerprint density at radius 1 is 1.50 bits per heavy atom. The molecule has 0 bridgehead atoms. The predicted molar refractivity (Wildman–Crippen MR) is 75.0 cm³/mol. The smallest absolute Gasteiger partial charge is 0.422 e. The van der Waals surface area contributed by atoms with Crippen molar-refractivity contribution in [2.75, 3.05) is 11.3 Å². The molecule has 0 aliphatic heterocycles. The lowest BCUT2D eigenvalue weighted by atomic mass is 10.2. The second-order valence-corrected chi connectivity index (χ2v) is 5.31. The minimum atomic E-state index is -4.29. The number of rotatable bonds is 5. The number of nitrogens with two attached hydrogens (primary N) is 1. The van der Waals surface area contributed by atoms with E-state index in [0.29, 0.717) is 0 Å². The Balaban J connectivity index is 3.01. The number of halogens is 1. The van der Waals surface area contributed by atoms with E-state index in [1.807, 2.05) is 4.72 Å². The molecule has 0 saturated heterocycles. The van der Waals surface area contributed by atoms with Crippen LogP contribution in [0.5, 0.6) is 0 Å². The molecule has 0 unspecified atom stereocenters. The van der Waals surface area contributed by atoms with Gasteiger partial charge in [0, 0.05) is 0 Å². The minimum Gasteiger partial charge on any atom is -0.449 e. The summed E-state index contributed by atoms with van der Waals surface area (Å²) in [5.74, 6) is -0.783. The van der Waals surface area contributed by atoms with Crippen molar-refractivity contribution in [3.8, 4) is 0 Å². The van der Waals surface area contributed by atoms with Crippen LogP contribution in [0.25, 0.3) is 0 Å². The van der Waals surface area contributed by atoms with Crippen LogP contribution in [0.2, 0.25) is 0 Å². The summed E-state index contributed by atoms with van der Waals surface area (Å²) in [4.78, 5) is 10.7. The fourth-order valence-corrected chi connectivity index (χ4v) is 2.30.